The Hall–Kier alpha value is -2.47. The molecule has 1 aromatic carbocycles. The van der Waals surface area contributed by atoms with Crippen molar-refractivity contribution in [1.82, 2.24) is 19.7 Å². The van der Waals surface area contributed by atoms with E-state index in [4.69, 9.17) is 17.3 Å². The van der Waals surface area contributed by atoms with Gasteiger partial charge in [-0.1, -0.05) is 23.7 Å². The van der Waals surface area contributed by atoms with Gasteiger partial charge < -0.3 is 5.73 Å². The molecule has 110 valence electrons. The van der Waals surface area contributed by atoms with Gasteiger partial charge in [0.25, 0.3) is 5.91 Å². The van der Waals surface area contributed by atoms with Gasteiger partial charge in [0, 0.05) is 16.5 Å². The second kappa shape index (κ2) is 4.78. The normalized spacial score (nSPS) is 14.4. The van der Waals surface area contributed by atoms with E-state index in [1.165, 1.54) is 11.0 Å². The van der Waals surface area contributed by atoms with Gasteiger partial charge in [0.05, 0.1) is 5.39 Å². The number of nitrogens with two attached hydrogens (primary N) is 1. The zero-order valence-electron chi connectivity index (χ0n) is 11.5. The summed E-state index contributed by atoms with van der Waals surface area (Å²) < 4.78 is 1.36. The lowest BCUT2D eigenvalue weighted by Crippen LogP contribution is -2.14. The summed E-state index contributed by atoms with van der Waals surface area (Å²) in [5.41, 5.74) is 7.85. The number of aromatic nitrogens is 4. The van der Waals surface area contributed by atoms with E-state index in [1.54, 1.807) is 12.1 Å². The average Bonchev–Trinajstić information content (AvgIpc) is 3.29. The first-order valence-electron chi connectivity index (χ1n) is 6.94. The fourth-order valence-electron chi connectivity index (χ4n) is 2.44. The zero-order chi connectivity index (χ0) is 15.3. The van der Waals surface area contributed by atoms with Crippen molar-refractivity contribution in [3.05, 3.63) is 35.6 Å². The van der Waals surface area contributed by atoms with E-state index >= 15 is 0 Å². The molecule has 0 saturated heterocycles. The summed E-state index contributed by atoms with van der Waals surface area (Å²) in [6.07, 6.45) is 3.15. The second-order valence-corrected chi connectivity index (χ2v) is 5.77. The maximum atomic E-state index is 12.4. The van der Waals surface area contributed by atoms with Crippen LogP contribution in [0.2, 0.25) is 5.02 Å². The van der Waals surface area contributed by atoms with Crippen molar-refractivity contribution in [2.45, 2.75) is 12.8 Å². The van der Waals surface area contributed by atoms with Crippen molar-refractivity contribution in [2.24, 2.45) is 5.92 Å². The molecule has 1 fully saturated rings. The molecule has 2 heterocycles. The van der Waals surface area contributed by atoms with Crippen molar-refractivity contribution in [3.8, 4) is 11.3 Å². The van der Waals surface area contributed by atoms with Gasteiger partial charge in [0.15, 0.2) is 5.65 Å². The summed E-state index contributed by atoms with van der Waals surface area (Å²) in [6.45, 7) is 0. The Bertz CT molecular complexity index is 883. The molecule has 0 unspecified atom stereocenters. The molecule has 22 heavy (non-hydrogen) atoms. The third kappa shape index (κ3) is 2.03. The number of rotatable bonds is 2. The minimum atomic E-state index is -0.0386. The first-order chi connectivity index (χ1) is 10.6. The van der Waals surface area contributed by atoms with Gasteiger partial charge in [-0.2, -0.15) is 9.78 Å². The zero-order valence-corrected chi connectivity index (χ0v) is 12.3. The molecule has 0 aliphatic heterocycles. The molecule has 7 heteroatoms. The molecule has 3 aromatic rings. The van der Waals surface area contributed by atoms with Gasteiger partial charge >= 0.3 is 0 Å². The summed E-state index contributed by atoms with van der Waals surface area (Å²) >= 11 is 5.93. The van der Waals surface area contributed by atoms with Crippen molar-refractivity contribution in [1.29, 1.82) is 0 Å². The third-order valence-electron chi connectivity index (χ3n) is 3.75. The molecule has 0 spiro atoms. The largest absolute Gasteiger partial charge is 0.383 e. The maximum absolute atomic E-state index is 12.4. The van der Waals surface area contributed by atoms with Gasteiger partial charge in [0.1, 0.15) is 17.8 Å². The summed E-state index contributed by atoms with van der Waals surface area (Å²) in [5, 5.41) is 5.68. The lowest BCUT2D eigenvalue weighted by atomic mass is 10.1. The Morgan fingerprint density at radius 1 is 1.23 bits per heavy atom. The monoisotopic (exact) mass is 313 g/mol. The van der Waals surface area contributed by atoms with Crippen LogP contribution >= 0.6 is 11.6 Å². The highest BCUT2D eigenvalue weighted by molar-refractivity contribution is 6.30. The predicted molar refractivity (Wildman–Crippen MR) is 83.5 cm³/mol. The highest BCUT2D eigenvalue weighted by Gasteiger charge is 2.33. The fourth-order valence-corrected chi connectivity index (χ4v) is 2.57. The molecule has 1 aliphatic carbocycles. The third-order valence-corrected chi connectivity index (χ3v) is 4.00. The number of hydrogen-bond acceptors (Lipinski definition) is 5. The molecule has 2 N–H and O–H groups in total. The van der Waals surface area contributed by atoms with Gasteiger partial charge in [-0.15, -0.1) is 0 Å². The van der Waals surface area contributed by atoms with Crippen LogP contribution in [0, 0.1) is 5.92 Å². The minimum Gasteiger partial charge on any atom is -0.383 e. The van der Waals surface area contributed by atoms with E-state index in [-0.39, 0.29) is 11.8 Å². The first-order valence-corrected chi connectivity index (χ1v) is 7.32. The smallest absolute Gasteiger partial charge is 0.251 e. The molecular formula is C15H12ClN5O. The van der Waals surface area contributed by atoms with Crippen LogP contribution in [0.3, 0.4) is 0 Å². The SMILES string of the molecule is Nc1ncnc2c1c(-c1ccc(Cl)cc1)nn2C(=O)C1CC1. The Kier molecular flexibility index (Phi) is 2.87. The van der Waals surface area contributed by atoms with E-state index in [0.29, 0.717) is 27.6 Å². The molecule has 1 saturated carbocycles. The van der Waals surface area contributed by atoms with E-state index < -0.39 is 0 Å². The molecule has 0 amide bonds. The van der Waals surface area contributed by atoms with E-state index in [1.807, 2.05) is 12.1 Å². The average molecular weight is 314 g/mol. The van der Waals surface area contributed by atoms with Crippen molar-refractivity contribution < 1.29 is 4.79 Å². The second-order valence-electron chi connectivity index (χ2n) is 5.34. The Morgan fingerprint density at radius 2 is 1.95 bits per heavy atom. The number of nitrogens with zero attached hydrogens (tertiary/aromatic N) is 4. The van der Waals surface area contributed by atoms with Crippen LogP contribution in [-0.2, 0) is 0 Å². The molecule has 4 rings (SSSR count). The van der Waals surface area contributed by atoms with Crippen LogP contribution in [0.25, 0.3) is 22.3 Å². The van der Waals surface area contributed by atoms with Crippen molar-refractivity contribution in [2.75, 3.05) is 5.73 Å². The standard InChI is InChI=1S/C15H12ClN5O/c16-10-5-3-8(4-6-10)12-11-13(17)18-7-19-14(11)21(20-12)15(22)9-1-2-9/h3-7,9H,1-2H2,(H2,17,18,19). The lowest BCUT2D eigenvalue weighted by Gasteiger charge is -1.99. The number of carbonyl (C=O) groups excluding carboxylic acids is 1. The molecular weight excluding hydrogens is 302 g/mol. The number of fused-ring (bicyclic) bond motifs is 1. The summed E-state index contributed by atoms with van der Waals surface area (Å²) in [4.78, 5) is 20.6. The molecule has 0 bridgehead atoms. The number of nitrogen functional groups attached to an aromatic ring is 1. The first kappa shape index (κ1) is 13.2. The van der Waals surface area contributed by atoms with Crippen LogP contribution in [-0.4, -0.2) is 25.7 Å². The lowest BCUT2D eigenvalue weighted by molar-refractivity contribution is 0.0875. The van der Waals surface area contributed by atoms with Crippen LogP contribution in [0.4, 0.5) is 5.82 Å². The molecule has 1 aliphatic rings. The quantitative estimate of drug-likeness (QED) is 0.786. The van der Waals surface area contributed by atoms with Crippen LogP contribution in [0.15, 0.2) is 30.6 Å². The Labute approximate surface area is 130 Å². The van der Waals surface area contributed by atoms with Crippen LogP contribution in [0.1, 0.15) is 17.6 Å². The molecule has 2 aromatic heterocycles. The van der Waals surface area contributed by atoms with E-state index in [2.05, 4.69) is 15.1 Å². The van der Waals surface area contributed by atoms with Gasteiger partial charge in [0.2, 0.25) is 0 Å². The summed E-state index contributed by atoms with van der Waals surface area (Å²) in [5.74, 6) is 0.311. The Balaban J connectivity index is 1.97. The number of hydrogen-bond donors (Lipinski definition) is 1. The van der Waals surface area contributed by atoms with Crippen LogP contribution in [0.5, 0.6) is 0 Å². The summed E-state index contributed by atoms with van der Waals surface area (Å²) in [7, 11) is 0. The maximum Gasteiger partial charge on any atom is 0.251 e. The van der Waals surface area contributed by atoms with Gasteiger partial charge in [-0.3, -0.25) is 4.79 Å². The minimum absolute atomic E-state index is 0.0386. The Morgan fingerprint density at radius 3 is 2.64 bits per heavy atom. The number of anilines is 1. The van der Waals surface area contributed by atoms with Crippen LogP contribution < -0.4 is 5.73 Å². The number of benzene rings is 1. The topological polar surface area (TPSA) is 86.7 Å². The summed E-state index contributed by atoms with van der Waals surface area (Å²) in [6, 6.07) is 7.21. The van der Waals surface area contributed by atoms with Gasteiger partial charge in [-0.25, -0.2) is 9.97 Å². The molecule has 0 radical (unpaired) electrons. The molecule has 6 nitrogen and oxygen atoms in total. The van der Waals surface area contributed by atoms with E-state index in [9.17, 15) is 4.79 Å². The van der Waals surface area contributed by atoms with E-state index in [0.717, 1.165) is 18.4 Å². The number of halogens is 1. The molecule has 0 atom stereocenters. The highest BCUT2D eigenvalue weighted by Crippen LogP contribution is 2.35. The van der Waals surface area contributed by atoms with Crippen molar-refractivity contribution in [3.63, 3.8) is 0 Å². The number of carbonyl (C=O) groups is 1. The van der Waals surface area contributed by atoms with Crippen molar-refractivity contribution >= 4 is 34.4 Å². The highest BCUT2D eigenvalue weighted by atomic mass is 35.5. The van der Waals surface area contributed by atoms with Gasteiger partial charge in [-0.05, 0) is 25.0 Å². The predicted octanol–water partition coefficient (Wildman–Crippen LogP) is 2.78. The fraction of sp³-hybridized carbons (Fsp3) is 0.200.